The molecule has 0 aromatic heterocycles. The fraction of sp³-hybridized carbons (Fsp3) is 0.462. The number of rotatable bonds is 3. The van der Waals surface area contributed by atoms with Gasteiger partial charge >= 0.3 is 0 Å². The Morgan fingerprint density at radius 2 is 2.12 bits per heavy atom. The zero-order chi connectivity index (χ0) is 11.4. The van der Waals surface area contributed by atoms with Crippen LogP contribution in [0.1, 0.15) is 18.9 Å². The van der Waals surface area contributed by atoms with Crippen molar-refractivity contribution in [1.29, 1.82) is 0 Å². The highest BCUT2D eigenvalue weighted by Gasteiger charge is 2.22. The average Bonchev–Trinajstić information content (AvgIpc) is 2.83. The lowest BCUT2D eigenvalue weighted by molar-refractivity contribution is -0.136. The van der Waals surface area contributed by atoms with E-state index in [0.29, 0.717) is 0 Å². The molecule has 0 spiro atoms. The van der Waals surface area contributed by atoms with Crippen LogP contribution in [0.15, 0.2) is 30.3 Å². The van der Waals surface area contributed by atoms with E-state index in [1.807, 2.05) is 25.1 Å². The molecule has 1 aliphatic rings. The molecule has 1 aliphatic heterocycles. The maximum atomic E-state index is 12.0. The summed E-state index contributed by atoms with van der Waals surface area (Å²) in [5.74, 6) is 0.259. The number of nitrogens with zero attached hydrogens (tertiary/aromatic N) is 1. The van der Waals surface area contributed by atoms with Crippen LogP contribution in [0.4, 0.5) is 0 Å². The van der Waals surface area contributed by atoms with Crippen molar-refractivity contribution in [3.63, 3.8) is 0 Å². The molecule has 1 atom stereocenters. The summed E-state index contributed by atoms with van der Waals surface area (Å²) in [4.78, 5) is 12.0. The van der Waals surface area contributed by atoms with Crippen molar-refractivity contribution < 1.29 is 4.79 Å². The molecule has 3 nitrogen and oxygen atoms in total. The second-order valence-electron chi connectivity index (χ2n) is 4.34. The van der Waals surface area contributed by atoms with Gasteiger partial charge in [-0.25, -0.2) is 5.43 Å². The van der Waals surface area contributed by atoms with Crippen molar-refractivity contribution in [2.75, 3.05) is 13.1 Å². The van der Waals surface area contributed by atoms with Crippen molar-refractivity contribution in [1.82, 2.24) is 10.4 Å². The number of hydrogen-bond acceptors (Lipinski definition) is 2. The maximum Gasteiger partial charge on any atom is 0.239 e. The van der Waals surface area contributed by atoms with Gasteiger partial charge in [0.15, 0.2) is 0 Å². The topological polar surface area (TPSA) is 32.3 Å². The molecule has 0 radical (unpaired) electrons. The molecule has 0 aliphatic carbocycles. The van der Waals surface area contributed by atoms with Crippen LogP contribution < -0.4 is 5.43 Å². The molecule has 2 rings (SSSR count). The molecule has 0 bridgehead atoms. The second-order valence-corrected chi connectivity index (χ2v) is 4.34. The zero-order valence-electron chi connectivity index (χ0n) is 10.1. The molecule has 17 heavy (non-hydrogen) atoms. The number of nitrogens with one attached hydrogen (secondary N) is 1. The Labute approximate surface area is 110 Å². The van der Waals surface area contributed by atoms with Crippen LogP contribution in [-0.4, -0.2) is 24.0 Å². The predicted octanol–water partition coefficient (Wildman–Crippen LogP) is 1.71. The Morgan fingerprint density at radius 3 is 2.71 bits per heavy atom. The average molecular weight is 252 g/mol. The Hall–Kier alpha value is -1.00. The van der Waals surface area contributed by atoms with Gasteiger partial charge in [0.2, 0.25) is 5.91 Å². The molecule has 1 N–H and O–H groups in total. The first-order valence-electron chi connectivity index (χ1n) is 5.86. The van der Waals surface area contributed by atoms with Gasteiger partial charge in [0.25, 0.3) is 0 Å². The Morgan fingerprint density at radius 1 is 1.41 bits per heavy atom. The molecule has 0 unspecified atom stereocenters. The largest absolute Gasteiger partial charge is 0.278 e. The van der Waals surface area contributed by atoms with Crippen LogP contribution in [0, 0.1) is 5.92 Å². The molecule has 1 fully saturated rings. The molecular formula is C13H20N2OS. The van der Waals surface area contributed by atoms with Crippen molar-refractivity contribution in [2.24, 2.45) is 5.92 Å². The van der Waals surface area contributed by atoms with Gasteiger partial charge < -0.3 is 0 Å². The third-order valence-electron chi connectivity index (χ3n) is 2.93. The van der Waals surface area contributed by atoms with Gasteiger partial charge in [0, 0.05) is 19.0 Å². The number of carbonyl (C=O) groups is 1. The second kappa shape index (κ2) is 6.67. The van der Waals surface area contributed by atoms with E-state index in [2.05, 4.69) is 17.6 Å². The summed E-state index contributed by atoms with van der Waals surface area (Å²) >= 11 is 0. The van der Waals surface area contributed by atoms with Crippen LogP contribution in [0.25, 0.3) is 0 Å². The number of carbonyl (C=O) groups excluding carboxylic acids is 1. The smallest absolute Gasteiger partial charge is 0.239 e. The Kier molecular flexibility index (Phi) is 5.51. The van der Waals surface area contributed by atoms with E-state index in [4.69, 9.17) is 0 Å². The Balaban J connectivity index is 0.00000144. The van der Waals surface area contributed by atoms with Crippen molar-refractivity contribution >= 4 is 19.4 Å². The van der Waals surface area contributed by atoms with Crippen LogP contribution >= 0.6 is 13.5 Å². The monoisotopic (exact) mass is 252 g/mol. The number of hydrogen-bond donors (Lipinski definition) is 1. The third-order valence-corrected chi connectivity index (χ3v) is 2.93. The molecule has 1 aromatic carbocycles. The highest BCUT2D eigenvalue weighted by molar-refractivity contribution is 7.59. The fourth-order valence-corrected chi connectivity index (χ4v) is 2.04. The molecular weight excluding hydrogens is 232 g/mol. The van der Waals surface area contributed by atoms with E-state index >= 15 is 0 Å². The molecule has 1 amide bonds. The quantitative estimate of drug-likeness (QED) is 0.888. The molecule has 1 heterocycles. The zero-order valence-corrected chi connectivity index (χ0v) is 11.1. The minimum absolute atomic E-state index is 0. The first kappa shape index (κ1) is 14.1. The highest BCUT2D eigenvalue weighted by atomic mass is 32.1. The lowest BCUT2D eigenvalue weighted by Crippen LogP contribution is -2.40. The minimum atomic E-state index is 0. The summed E-state index contributed by atoms with van der Waals surface area (Å²) < 4.78 is 0. The summed E-state index contributed by atoms with van der Waals surface area (Å²) in [6, 6.07) is 10.2. The van der Waals surface area contributed by atoms with Gasteiger partial charge in [-0.05, 0) is 18.4 Å². The van der Waals surface area contributed by atoms with Crippen molar-refractivity contribution in [3.8, 4) is 0 Å². The minimum Gasteiger partial charge on any atom is -0.278 e. The van der Waals surface area contributed by atoms with Crippen LogP contribution in [0.2, 0.25) is 0 Å². The van der Waals surface area contributed by atoms with Crippen molar-refractivity contribution in [3.05, 3.63) is 35.9 Å². The van der Waals surface area contributed by atoms with E-state index in [-0.39, 0.29) is 25.3 Å². The number of benzene rings is 1. The van der Waals surface area contributed by atoms with Gasteiger partial charge in [-0.2, -0.15) is 13.5 Å². The number of hydrazine groups is 1. The van der Waals surface area contributed by atoms with Gasteiger partial charge in [0.1, 0.15) is 0 Å². The SMILES string of the molecule is C[C@@H](Cc1ccccc1)C(=O)N1CCCN1.S. The third kappa shape index (κ3) is 3.75. The van der Waals surface area contributed by atoms with Gasteiger partial charge in [-0.3, -0.25) is 9.80 Å². The van der Waals surface area contributed by atoms with E-state index in [1.165, 1.54) is 5.56 Å². The summed E-state index contributed by atoms with van der Waals surface area (Å²) in [7, 11) is 0. The van der Waals surface area contributed by atoms with Gasteiger partial charge in [-0.1, -0.05) is 37.3 Å². The van der Waals surface area contributed by atoms with Gasteiger partial charge in [-0.15, -0.1) is 0 Å². The molecule has 0 saturated carbocycles. The standard InChI is InChI=1S/C13H18N2O.H2S/c1-11(10-12-6-3-2-4-7-12)13(16)15-9-5-8-14-15;/h2-4,6-7,11,14H,5,8-10H2,1H3;1H2/t11-;/m0./s1. The summed E-state index contributed by atoms with van der Waals surface area (Å²) in [5, 5.41) is 1.76. The van der Waals surface area contributed by atoms with Crippen LogP contribution in [0.5, 0.6) is 0 Å². The normalized spacial score (nSPS) is 16.4. The molecule has 1 saturated heterocycles. The van der Waals surface area contributed by atoms with E-state index in [1.54, 1.807) is 5.01 Å². The van der Waals surface area contributed by atoms with Crippen LogP contribution in [-0.2, 0) is 11.2 Å². The molecule has 4 heteroatoms. The van der Waals surface area contributed by atoms with Gasteiger partial charge in [0.05, 0.1) is 0 Å². The predicted molar refractivity (Wildman–Crippen MR) is 74.0 cm³/mol. The summed E-state index contributed by atoms with van der Waals surface area (Å²) in [5.41, 5.74) is 4.33. The van der Waals surface area contributed by atoms with E-state index in [9.17, 15) is 4.79 Å². The molecule has 1 aromatic rings. The first-order chi connectivity index (χ1) is 7.77. The molecule has 94 valence electrons. The van der Waals surface area contributed by atoms with E-state index < -0.39 is 0 Å². The van der Waals surface area contributed by atoms with E-state index in [0.717, 1.165) is 25.9 Å². The maximum absolute atomic E-state index is 12.0. The Bertz CT molecular complexity index is 350. The van der Waals surface area contributed by atoms with Crippen molar-refractivity contribution in [2.45, 2.75) is 19.8 Å². The summed E-state index contributed by atoms with van der Waals surface area (Å²) in [6.45, 7) is 3.76. The first-order valence-corrected chi connectivity index (χ1v) is 5.86. The number of amides is 1. The summed E-state index contributed by atoms with van der Waals surface area (Å²) in [6.07, 6.45) is 1.88. The lowest BCUT2D eigenvalue weighted by atomic mass is 10.0. The fourth-order valence-electron chi connectivity index (χ4n) is 2.04. The lowest BCUT2D eigenvalue weighted by Gasteiger charge is -2.20. The highest BCUT2D eigenvalue weighted by Crippen LogP contribution is 2.12. The van der Waals surface area contributed by atoms with Crippen LogP contribution in [0.3, 0.4) is 0 Å².